The van der Waals surface area contributed by atoms with Crippen molar-refractivity contribution in [1.82, 2.24) is 0 Å². The summed E-state index contributed by atoms with van der Waals surface area (Å²) in [6.45, 7) is 2.19. The van der Waals surface area contributed by atoms with Gasteiger partial charge in [0.15, 0.2) is 0 Å². The Balaban J connectivity index is 2.00. The highest BCUT2D eigenvalue weighted by Gasteiger charge is 2.42. The molecule has 2 N–H and O–H groups in total. The molecular weight excluding hydrogens is 304 g/mol. The van der Waals surface area contributed by atoms with E-state index in [0.717, 1.165) is 25.7 Å². The number of hydrogen-bond donors (Lipinski definition) is 2. The van der Waals surface area contributed by atoms with Gasteiger partial charge >= 0.3 is 5.97 Å². The van der Waals surface area contributed by atoms with Crippen LogP contribution in [0.4, 0.5) is 0 Å². The summed E-state index contributed by atoms with van der Waals surface area (Å²) in [5.74, 6) is -0.735. The van der Waals surface area contributed by atoms with E-state index < -0.39 is 12.1 Å². The van der Waals surface area contributed by atoms with Crippen LogP contribution in [-0.4, -0.2) is 34.5 Å². The molecule has 0 aromatic carbocycles. The van der Waals surface area contributed by atoms with Crippen molar-refractivity contribution in [1.29, 1.82) is 0 Å². The molecule has 1 rings (SSSR count). The van der Waals surface area contributed by atoms with Crippen molar-refractivity contribution in [2.45, 2.75) is 83.0 Å². The van der Waals surface area contributed by atoms with Gasteiger partial charge in [-0.05, 0) is 32.1 Å². The highest BCUT2D eigenvalue weighted by Crippen LogP contribution is 2.30. The number of carboxylic acids is 1. The minimum atomic E-state index is -0.735. The Kier molecular flexibility index (Phi) is 11.2. The molecule has 0 saturated carbocycles. The zero-order chi connectivity index (χ0) is 17.6. The van der Waals surface area contributed by atoms with E-state index in [1.807, 2.05) is 18.2 Å². The minimum absolute atomic E-state index is 0.00387. The Morgan fingerprint density at radius 2 is 1.79 bits per heavy atom. The Hall–Kier alpha value is -1.39. The van der Waals surface area contributed by atoms with Crippen LogP contribution >= 0.6 is 0 Å². The van der Waals surface area contributed by atoms with Crippen molar-refractivity contribution in [3.8, 4) is 0 Å². The van der Waals surface area contributed by atoms with Gasteiger partial charge in [0.2, 0.25) is 0 Å². The highest BCUT2D eigenvalue weighted by atomic mass is 16.6. The first kappa shape index (κ1) is 20.7. The fraction of sp³-hybridized carbons (Fsp3) is 0.650. The van der Waals surface area contributed by atoms with E-state index in [-0.39, 0.29) is 18.6 Å². The summed E-state index contributed by atoms with van der Waals surface area (Å²) in [4.78, 5) is 10.3. The number of rotatable bonds is 14. The predicted molar refractivity (Wildman–Crippen MR) is 97.0 cm³/mol. The molecule has 136 valence electrons. The molecule has 0 aromatic rings. The monoisotopic (exact) mass is 336 g/mol. The lowest BCUT2D eigenvalue weighted by molar-refractivity contribution is -0.137. The SMILES string of the molecule is CCCCC[C@@H]1O[C@@H]1[C@H](O)/C=C\C/C=C\C/C=C\CCCC(=O)O. The summed E-state index contributed by atoms with van der Waals surface area (Å²) in [6, 6.07) is 0. The fourth-order valence-corrected chi connectivity index (χ4v) is 2.55. The van der Waals surface area contributed by atoms with E-state index in [2.05, 4.69) is 25.2 Å². The molecule has 0 unspecified atom stereocenters. The van der Waals surface area contributed by atoms with E-state index in [9.17, 15) is 9.90 Å². The second-order valence-corrected chi connectivity index (χ2v) is 6.25. The van der Waals surface area contributed by atoms with Crippen LogP contribution in [0.3, 0.4) is 0 Å². The largest absolute Gasteiger partial charge is 0.481 e. The van der Waals surface area contributed by atoms with E-state index in [1.165, 1.54) is 19.3 Å². The maximum Gasteiger partial charge on any atom is 0.303 e. The van der Waals surface area contributed by atoms with Crippen molar-refractivity contribution in [3.63, 3.8) is 0 Å². The third-order valence-corrected chi connectivity index (χ3v) is 4.02. The number of hydrogen-bond acceptors (Lipinski definition) is 3. The van der Waals surface area contributed by atoms with Crippen LogP contribution in [0.5, 0.6) is 0 Å². The van der Waals surface area contributed by atoms with Crippen LogP contribution in [0, 0.1) is 0 Å². The minimum Gasteiger partial charge on any atom is -0.481 e. The fourth-order valence-electron chi connectivity index (χ4n) is 2.55. The molecule has 0 amide bonds. The number of allylic oxidation sites excluding steroid dienone is 5. The number of ether oxygens (including phenoxy) is 1. The first-order valence-corrected chi connectivity index (χ1v) is 9.17. The molecule has 0 aromatic heterocycles. The second kappa shape index (κ2) is 13.0. The Morgan fingerprint density at radius 1 is 1.08 bits per heavy atom. The van der Waals surface area contributed by atoms with Crippen LogP contribution in [0.2, 0.25) is 0 Å². The zero-order valence-electron chi connectivity index (χ0n) is 14.8. The zero-order valence-corrected chi connectivity index (χ0v) is 14.8. The lowest BCUT2D eigenvalue weighted by Gasteiger charge is -2.00. The van der Waals surface area contributed by atoms with Crippen LogP contribution in [0.1, 0.15) is 64.7 Å². The van der Waals surface area contributed by atoms with Gasteiger partial charge in [0.05, 0.1) is 6.10 Å². The van der Waals surface area contributed by atoms with E-state index in [1.54, 1.807) is 0 Å². The molecule has 4 nitrogen and oxygen atoms in total. The summed E-state index contributed by atoms with van der Waals surface area (Å²) in [6.07, 6.45) is 19.9. The average Bonchev–Trinajstić information content (AvgIpc) is 3.32. The van der Waals surface area contributed by atoms with Crippen molar-refractivity contribution in [2.75, 3.05) is 0 Å². The highest BCUT2D eigenvalue weighted by molar-refractivity contribution is 5.66. The molecule has 1 aliphatic rings. The van der Waals surface area contributed by atoms with Crippen LogP contribution in [0.15, 0.2) is 36.5 Å². The van der Waals surface area contributed by atoms with Gasteiger partial charge in [-0.1, -0.05) is 62.6 Å². The van der Waals surface area contributed by atoms with E-state index in [4.69, 9.17) is 9.84 Å². The molecule has 0 spiro atoms. The average molecular weight is 336 g/mol. The molecule has 1 aliphatic heterocycles. The number of carbonyl (C=O) groups is 1. The normalized spacial score (nSPS) is 21.9. The maximum atomic E-state index is 10.3. The number of epoxide rings is 1. The standard InChI is InChI=1S/C20H32O4/c1-2-3-11-15-18-20(24-18)17(21)14-12-9-7-5-4-6-8-10-13-16-19(22)23/h5-8,12,14,17-18,20-21H,2-4,9-11,13,15-16H2,1H3,(H,22,23)/b7-5-,8-6-,14-12-/t17-,18+,20-/m1/s1. The van der Waals surface area contributed by atoms with Crippen LogP contribution < -0.4 is 0 Å². The van der Waals surface area contributed by atoms with Crippen molar-refractivity contribution >= 4 is 5.97 Å². The van der Waals surface area contributed by atoms with Gasteiger partial charge in [0.1, 0.15) is 12.2 Å². The summed E-state index contributed by atoms with van der Waals surface area (Å²) in [5.41, 5.74) is 0. The van der Waals surface area contributed by atoms with Gasteiger partial charge < -0.3 is 14.9 Å². The summed E-state index contributed by atoms with van der Waals surface area (Å²) in [7, 11) is 0. The number of carboxylic acid groups (broad SMARTS) is 1. The van der Waals surface area contributed by atoms with Crippen LogP contribution in [-0.2, 0) is 9.53 Å². The number of aliphatic hydroxyl groups excluding tert-OH is 1. The molecule has 24 heavy (non-hydrogen) atoms. The van der Waals surface area contributed by atoms with Crippen molar-refractivity contribution < 1.29 is 19.7 Å². The van der Waals surface area contributed by atoms with Gasteiger partial charge in [-0.2, -0.15) is 0 Å². The van der Waals surface area contributed by atoms with Crippen molar-refractivity contribution in [2.24, 2.45) is 0 Å². The van der Waals surface area contributed by atoms with E-state index in [0.29, 0.717) is 6.42 Å². The predicted octanol–water partition coefficient (Wildman–Crippen LogP) is 4.40. The molecule has 3 atom stereocenters. The number of aliphatic hydroxyl groups is 1. The molecule has 1 saturated heterocycles. The van der Waals surface area contributed by atoms with Crippen molar-refractivity contribution in [3.05, 3.63) is 36.5 Å². The van der Waals surface area contributed by atoms with Gasteiger partial charge in [-0.25, -0.2) is 0 Å². The van der Waals surface area contributed by atoms with Gasteiger partial charge in [-0.15, -0.1) is 0 Å². The Morgan fingerprint density at radius 3 is 2.50 bits per heavy atom. The third-order valence-electron chi connectivity index (χ3n) is 4.02. The van der Waals surface area contributed by atoms with Gasteiger partial charge in [-0.3, -0.25) is 4.79 Å². The molecule has 0 radical (unpaired) electrons. The lowest BCUT2D eigenvalue weighted by Crippen LogP contribution is -2.13. The molecular formula is C20H32O4. The molecule has 4 heteroatoms. The smallest absolute Gasteiger partial charge is 0.303 e. The first-order chi connectivity index (χ1) is 11.6. The maximum absolute atomic E-state index is 10.3. The van der Waals surface area contributed by atoms with E-state index >= 15 is 0 Å². The lowest BCUT2D eigenvalue weighted by atomic mass is 10.1. The Labute approximate surface area is 145 Å². The van der Waals surface area contributed by atoms with Crippen LogP contribution in [0.25, 0.3) is 0 Å². The molecule has 0 bridgehead atoms. The Bertz CT molecular complexity index is 425. The topological polar surface area (TPSA) is 70.1 Å². The quantitative estimate of drug-likeness (QED) is 0.280. The van der Waals surface area contributed by atoms with Gasteiger partial charge in [0.25, 0.3) is 0 Å². The second-order valence-electron chi connectivity index (χ2n) is 6.25. The number of aliphatic carboxylic acids is 1. The molecule has 0 aliphatic carbocycles. The summed E-state index contributed by atoms with van der Waals surface area (Å²) in [5, 5.41) is 18.5. The third kappa shape index (κ3) is 10.4. The molecule has 1 fully saturated rings. The first-order valence-electron chi connectivity index (χ1n) is 9.17. The summed E-state index contributed by atoms with van der Waals surface area (Å²) >= 11 is 0. The van der Waals surface area contributed by atoms with Gasteiger partial charge in [0, 0.05) is 6.42 Å². The number of unbranched alkanes of at least 4 members (excludes halogenated alkanes) is 3. The molecule has 1 heterocycles. The summed E-state index contributed by atoms with van der Waals surface area (Å²) < 4.78 is 5.52.